The maximum Gasteiger partial charge on any atom is 0.118 e. The van der Waals surface area contributed by atoms with Crippen molar-refractivity contribution in [2.24, 2.45) is 0 Å². The molecule has 1 spiro atoms. The third-order valence-electron chi connectivity index (χ3n) is 3.01. The molecule has 14 heavy (non-hydrogen) atoms. The summed E-state index contributed by atoms with van der Waals surface area (Å²) in [5, 5.41) is 4.36. The van der Waals surface area contributed by atoms with Gasteiger partial charge >= 0.3 is 0 Å². The molecule has 3 nitrogen and oxygen atoms in total. The van der Waals surface area contributed by atoms with E-state index in [2.05, 4.69) is 17.1 Å². The maximum absolute atomic E-state index is 5.85. The van der Waals surface area contributed by atoms with E-state index in [-0.39, 0.29) is 45.9 Å². The number of piperidine rings is 1. The van der Waals surface area contributed by atoms with Crippen molar-refractivity contribution >= 4 is 0 Å². The largest absolute Gasteiger partial charge is 0.662 e. The van der Waals surface area contributed by atoms with Crippen LogP contribution in [0.4, 0.5) is 0 Å². The second-order valence-electron chi connectivity index (χ2n) is 3.55. The van der Waals surface area contributed by atoms with Gasteiger partial charge in [-0.15, -0.1) is 13.1 Å². The molecule has 2 aliphatic heterocycles. The van der Waals surface area contributed by atoms with Crippen LogP contribution in [0.25, 0.3) is 5.32 Å². The molecule has 0 aromatic heterocycles. The van der Waals surface area contributed by atoms with Gasteiger partial charge in [-0.2, -0.15) is 0 Å². The van der Waals surface area contributed by atoms with Crippen LogP contribution < -0.4 is 0 Å². The molecule has 0 aromatic carbocycles. The summed E-state index contributed by atoms with van der Waals surface area (Å²) in [5.74, 6) is 0. The van der Waals surface area contributed by atoms with Crippen molar-refractivity contribution in [3.63, 3.8) is 0 Å². The Morgan fingerprint density at radius 3 is 2.57 bits per heavy atom. The summed E-state index contributed by atoms with van der Waals surface area (Å²) in [5.41, 5.74) is 0.0799. The van der Waals surface area contributed by atoms with E-state index in [4.69, 9.17) is 4.74 Å². The molecule has 2 rings (SSSR count). The average Bonchev–Trinajstić information content (AvgIpc) is 2.49. The van der Waals surface area contributed by atoms with Gasteiger partial charge in [0.25, 0.3) is 0 Å². The zero-order chi connectivity index (χ0) is 8.44. The monoisotopic (exact) mass is 273 g/mol. The molecule has 2 heterocycles. The predicted octanol–water partition coefficient (Wildman–Crippen LogP) is 1.65. The number of rotatable bonds is 1. The van der Waals surface area contributed by atoms with Gasteiger partial charge in [-0.25, -0.2) is 0 Å². The minimum atomic E-state index is 0. The van der Waals surface area contributed by atoms with Crippen molar-refractivity contribution in [3.05, 3.63) is 12.7 Å². The molecule has 0 amide bonds. The number of ether oxygens (including phenoxy) is 1. The molecule has 0 bridgehead atoms. The fraction of sp³-hybridized carbons (Fsp3) is 0.900. The van der Waals surface area contributed by atoms with Gasteiger partial charge in [0, 0.05) is 39.3 Å². The Morgan fingerprint density at radius 2 is 2.00 bits per heavy atom. The van der Waals surface area contributed by atoms with E-state index in [0.29, 0.717) is 0 Å². The van der Waals surface area contributed by atoms with Crippen LogP contribution in [0, 0.1) is 7.43 Å². The topological polar surface area (TPSA) is 26.6 Å². The van der Waals surface area contributed by atoms with Crippen molar-refractivity contribution in [1.82, 2.24) is 4.90 Å². The SMILES string of the molecule is CCN1CCOC12CC[N-]CC2.[CH3-].[Y]. The summed E-state index contributed by atoms with van der Waals surface area (Å²) in [6, 6.07) is 0. The summed E-state index contributed by atoms with van der Waals surface area (Å²) < 4.78 is 5.85. The third kappa shape index (κ3) is 2.76. The molecule has 0 atom stereocenters. The van der Waals surface area contributed by atoms with Gasteiger partial charge in [0.15, 0.2) is 0 Å². The number of hydrogen-bond donors (Lipinski definition) is 0. The van der Waals surface area contributed by atoms with E-state index in [1.165, 1.54) is 0 Å². The van der Waals surface area contributed by atoms with E-state index >= 15 is 0 Å². The van der Waals surface area contributed by atoms with Gasteiger partial charge in [-0.1, -0.05) is 6.92 Å². The molecule has 0 aromatic rings. The van der Waals surface area contributed by atoms with Crippen molar-refractivity contribution in [1.29, 1.82) is 0 Å². The molecule has 2 aliphatic rings. The Hall–Kier alpha value is 0.984. The van der Waals surface area contributed by atoms with Crippen LogP contribution in [-0.2, 0) is 37.4 Å². The minimum absolute atomic E-state index is 0. The molecule has 0 unspecified atom stereocenters. The van der Waals surface area contributed by atoms with Gasteiger partial charge in [0.2, 0.25) is 0 Å². The van der Waals surface area contributed by atoms with E-state index in [0.717, 1.165) is 45.6 Å². The third-order valence-corrected chi connectivity index (χ3v) is 3.01. The quantitative estimate of drug-likeness (QED) is 0.679. The number of hydrogen-bond acceptors (Lipinski definition) is 2. The molecule has 0 aliphatic carbocycles. The van der Waals surface area contributed by atoms with E-state index in [1.807, 2.05) is 0 Å². The zero-order valence-corrected chi connectivity index (χ0v) is 12.2. The van der Waals surface area contributed by atoms with Gasteiger partial charge in [0.1, 0.15) is 5.72 Å². The van der Waals surface area contributed by atoms with E-state index in [9.17, 15) is 0 Å². The van der Waals surface area contributed by atoms with Crippen LogP contribution in [0.2, 0.25) is 0 Å². The Bertz CT molecular complexity index is 160. The van der Waals surface area contributed by atoms with Crippen molar-refractivity contribution in [2.75, 3.05) is 32.8 Å². The minimum Gasteiger partial charge on any atom is -0.662 e. The molecular weight excluding hydrogens is 253 g/mol. The fourth-order valence-corrected chi connectivity index (χ4v) is 2.29. The average molecular weight is 273 g/mol. The Labute approximate surface area is 113 Å². The molecule has 0 saturated carbocycles. The molecular formula is C10H20N2OY-2. The zero-order valence-electron chi connectivity index (χ0n) is 9.33. The van der Waals surface area contributed by atoms with Crippen LogP contribution in [0.1, 0.15) is 19.8 Å². The second-order valence-corrected chi connectivity index (χ2v) is 3.55. The maximum atomic E-state index is 5.85. The normalized spacial score (nSPS) is 25.5. The molecule has 81 valence electrons. The Balaban J connectivity index is 0.000000845. The van der Waals surface area contributed by atoms with Crippen LogP contribution in [0.3, 0.4) is 0 Å². The first-order valence-corrected chi connectivity index (χ1v) is 4.90. The van der Waals surface area contributed by atoms with Gasteiger partial charge < -0.3 is 17.5 Å². The summed E-state index contributed by atoms with van der Waals surface area (Å²) in [7, 11) is 0. The van der Waals surface area contributed by atoms with E-state index < -0.39 is 0 Å². The van der Waals surface area contributed by atoms with Crippen molar-refractivity contribution in [3.8, 4) is 0 Å². The van der Waals surface area contributed by atoms with Gasteiger partial charge in [-0.3, -0.25) is 4.90 Å². The standard InChI is InChI=1S/C9H17N2O.CH3.Y/c1-2-11-7-8-12-9(11)3-5-10-6-4-9;;/h2-8H2,1H3;1H3;/q2*-1;. The van der Waals surface area contributed by atoms with Crippen molar-refractivity contribution in [2.45, 2.75) is 25.5 Å². The van der Waals surface area contributed by atoms with Crippen LogP contribution in [0.5, 0.6) is 0 Å². The Kier molecular flexibility index (Phi) is 7.00. The van der Waals surface area contributed by atoms with Crippen LogP contribution >= 0.6 is 0 Å². The molecule has 0 N–H and O–H groups in total. The molecule has 4 heteroatoms. The summed E-state index contributed by atoms with van der Waals surface area (Å²) >= 11 is 0. The molecule has 2 fully saturated rings. The summed E-state index contributed by atoms with van der Waals surface area (Å²) in [6.45, 7) is 7.31. The van der Waals surface area contributed by atoms with E-state index in [1.54, 1.807) is 0 Å². The van der Waals surface area contributed by atoms with Gasteiger partial charge in [0.05, 0.1) is 6.61 Å². The van der Waals surface area contributed by atoms with Crippen molar-refractivity contribution < 1.29 is 37.4 Å². The van der Waals surface area contributed by atoms with Gasteiger partial charge in [-0.05, 0) is 19.4 Å². The first-order valence-electron chi connectivity index (χ1n) is 4.90. The smallest absolute Gasteiger partial charge is 0.118 e. The van der Waals surface area contributed by atoms with Crippen LogP contribution in [0.15, 0.2) is 0 Å². The Morgan fingerprint density at radius 1 is 1.36 bits per heavy atom. The predicted molar refractivity (Wildman–Crippen MR) is 54.7 cm³/mol. The first-order chi connectivity index (χ1) is 5.87. The molecule has 1 radical (unpaired) electrons. The molecule has 2 saturated heterocycles. The summed E-state index contributed by atoms with van der Waals surface area (Å²) in [4.78, 5) is 2.46. The van der Waals surface area contributed by atoms with Crippen LogP contribution in [-0.4, -0.2) is 43.4 Å². The summed E-state index contributed by atoms with van der Waals surface area (Å²) in [6.07, 6.45) is 2.20. The number of nitrogens with zero attached hydrogens (tertiary/aromatic N) is 2. The fourth-order valence-electron chi connectivity index (χ4n) is 2.29. The second kappa shape index (κ2) is 6.54. The number of likely N-dealkylation sites (N-methyl/N-ethyl adjacent to an activating group) is 1. The first kappa shape index (κ1) is 15.0.